The molecule has 0 radical (unpaired) electrons. The number of benzene rings is 2. The summed E-state index contributed by atoms with van der Waals surface area (Å²) in [5.74, 6) is -1.25. The van der Waals surface area contributed by atoms with Gasteiger partial charge in [-0.1, -0.05) is 29.3 Å². The number of likely N-dealkylation sites (tertiary alicyclic amines) is 1. The fourth-order valence-corrected chi connectivity index (χ4v) is 5.77. The van der Waals surface area contributed by atoms with Crippen LogP contribution in [0.1, 0.15) is 31.2 Å². The van der Waals surface area contributed by atoms with Crippen molar-refractivity contribution in [3.8, 4) is 11.5 Å². The second-order valence-corrected chi connectivity index (χ2v) is 10.7. The van der Waals surface area contributed by atoms with Gasteiger partial charge in [0, 0.05) is 30.2 Å². The highest BCUT2D eigenvalue weighted by Gasteiger charge is 2.50. The molecule has 2 aromatic carbocycles. The Hall–Kier alpha value is -2.89. The molecule has 2 N–H and O–H groups in total. The van der Waals surface area contributed by atoms with E-state index < -0.39 is 12.1 Å². The fraction of sp³-hybridized carbons (Fsp3) is 0.481. The SMILES string of the molecule is COc1ccc(C23CCC(NC(=O)N(C)c4ccc(Cl)c(Cl)c4)CC2N(C)CC3)cc1OC.O=C(O)C(F)(F)F. The first-order valence-corrected chi connectivity index (χ1v) is 13.2. The Morgan fingerprint density at radius 1 is 1.07 bits per heavy atom. The van der Waals surface area contributed by atoms with E-state index in [1.54, 1.807) is 44.4 Å². The number of amides is 2. The lowest BCUT2D eigenvalue weighted by molar-refractivity contribution is -0.192. The van der Waals surface area contributed by atoms with Crippen LogP contribution in [0.15, 0.2) is 36.4 Å². The lowest BCUT2D eigenvalue weighted by Gasteiger charge is -2.45. The number of aliphatic carboxylic acids is 1. The highest BCUT2D eigenvalue weighted by molar-refractivity contribution is 6.42. The minimum atomic E-state index is -5.08. The predicted octanol–water partition coefficient (Wildman–Crippen LogP) is 5.98. The smallest absolute Gasteiger partial charge is 0.490 e. The number of carbonyl (C=O) groups excluding carboxylic acids is 1. The van der Waals surface area contributed by atoms with E-state index in [2.05, 4.69) is 29.4 Å². The van der Waals surface area contributed by atoms with Crippen molar-refractivity contribution in [2.24, 2.45) is 0 Å². The minimum absolute atomic E-state index is 0.0468. The third-order valence-corrected chi connectivity index (χ3v) is 8.39. The van der Waals surface area contributed by atoms with Crippen LogP contribution in [0, 0.1) is 0 Å². The second kappa shape index (κ2) is 12.7. The number of fused-ring (bicyclic) bond motifs is 1. The maximum absolute atomic E-state index is 13.0. The van der Waals surface area contributed by atoms with Gasteiger partial charge in [0.1, 0.15) is 0 Å². The highest BCUT2D eigenvalue weighted by atomic mass is 35.5. The molecule has 1 saturated heterocycles. The number of alkyl halides is 3. The molecule has 3 atom stereocenters. The van der Waals surface area contributed by atoms with Gasteiger partial charge >= 0.3 is 18.2 Å². The molecule has 2 aromatic rings. The highest BCUT2D eigenvalue weighted by Crippen LogP contribution is 2.50. The van der Waals surface area contributed by atoms with Crippen LogP contribution in [0.3, 0.4) is 0 Å². The van der Waals surface area contributed by atoms with Crippen molar-refractivity contribution in [1.29, 1.82) is 0 Å². The zero-order valence-corrected chi connectivity index (χ0v) is 24.0. The zero-order chi connectivity index (χ0) is 29.8. The van der Waals surface area contributed by atoms with E-state index in [1.165, 1.54) is 5.56 Å². The number of carbonyl (C=O) groups is 2. The van der Waals surface area contributed by atoms with E-state index in [9.17, 15) is 18.0 Å². The Kier molecular flexibility index (Phi) is 10.1. The number of rotatable bonds is 5. The van der Waals surface area contributed by atoms with Crippen LogP contribution < -0.4 is 19.7 Å². The summed E-state index contributed by atoms with van der Waals surface area (Å²) in [5.41, 5.74) is 2.04. The topological polar surface area (TPSA) is 91.3 Å². The molecular formula is C27H32Cl2F3N3O5. The van der Waals surface area contributed by atoms with Gasteiger partial charge in [0.25, 0.3) is 0 Å². The van der Waals surface area contributed by atoms with Crippen molar-refractivity contribution >= 4 is 40.9 Å². The summed E-state index contributed by atoms with van der Waals surface area (Å²) in [4.78, 5) is 25.9. The van der Waals surface area contributed by atoms with Gasteiger partial charge in [-0.2, -0.15) is 13.2 Å². The van der Waals surface area contributed by atoms with Crippen LogP contribution in [0.4, 0.5) is 23.7 Å². The summed E-state index contributed by atoms with van der Waals surface area (Å²) in [5, 5.41) is 11.3. The Balaban J connectivity index is 0.000000559. The molecule has 220 valence electrons. The average molecular weight is 606 g/mol. The van der Waals surface area contributed by atoms with Gasteiger partial charge < -0.3 is 24.8 Å². The van der Waals surface area contributed by atoms with Gasteiger partial charge in [-0.25, -0.2) is 9.59 Å². The lowest BCUT2D eigenvalue weighted by Crippen LogP contribution is -2.53. The standard InChI is InChI=1S/C25H31Cl2N3O3.C2HF3O2/c1-29-12-11-25(16-5-8-21(32-3)22(13-16)33-4)10-9-17(14-23(25)29)28-24(31)30(2)18-6-7-19(26)20(27)15-18;3-2(4,5)1(6)7/h5-8,13,15,17,23H,9-12,14H2,1-4H3,(H,28,31);(H,6,7). The van der Waals surface area contributed by atoms with Gasteiger partial charge in [0.05, 0.1) is 24.3 Å². The molecule has 3 unspecified atom stereocenters. The maximum atomic E-state index is 13.0. The normalized spacial score (nSPS) is 22.4. The first-order valence-electron chi connectivity index (χ1n) is 12.5. The van der Waals surface area contributed by atoms with Crippen LogP contribution in [-0.4, -0.2) is 75.1 Å². The van der Waals surface area contributed by atoms with Crippen molar-refractivity contribution < 1.29 is 37.3 Å². The summed E-state index contributed by atoms with van der Waals surface area (Å²) in [7, 11) is 7.26. The number of hydrogen-bond acceptors (Lipinski definition) is 5. The second-order valence-electron chi connectivity index (χ2n) is 9.85. The molecule has 13 heteroatoms. The van der Waals surface area contributed by atoms with Gasteiger partial charge in [-0.3, -0.25) is 4.90 Å². The first kappa shape index (κ1) is 31.6. The van der Waals surface area contributed by atoms with E-state index in [0.29, 0.717) is 21.8 Å². The molecule has 1 aliphatic carbocycles. The third-order valence-electron chi connectivity index (χ3n) is 7.65. The molecule has 8 nitrogen and oxygen atoms in total. The molecule has 1 heterocycles. The molecule has 2 fully saturated rings. The minimum Gasteiger partial charge on any atom is -0.493 e. The van der Waals surface area contributed by atoms with E-state index in [-0.39, 0.29) is 17.5 Å². The van der Waals surface area contributed by atoms with Crippen LogP contribution >= 0.6 is 23.2 Å². The summed E-state index contributed by atoms with van der Waals surface area (Å²) < 4.78 is 42.8. The number of urea groups is 1. The number of anilines is 1. The Bertz CT molecular complexity index is 1230. The van der Waals surface area contributed by atoms with Gasteiger partial charge in [-0.05, 0) is 75.2 Å². The van der Waals surface area contributed by atoms with Crippen molar-refractivity contribution in [2.75, 3.05) is 39.8 Å². The number of carboxylic acids is 1. The fourth-order valence-electron chi connectivity index (χ4n) is 5.48. The predicted molar refractivity (Wildman–Crippen MR) is 147 cm³/mol. The Morgan fingerprint density at radius 3 is 2.30 bits per heavy atom. The maximum Gasteiger partial charge on any atom is 0.490 e. The molecule has 0 bridgehead atoms. The Morgan fingerprint density at radius 2 is 1.73 bits per heavy atom. The quantitative estimate of drug-likeness (QED) is 0.435. The van der Waals surface area contributed by atoms with Gasteiger partial charge in [0.2, 0.25) is 0 Å². The number of hydrogen-bond donors (Lipinski definition) is 2. The van der Waals surface area contributed by atoms with Gasteiger partial charge in [0.15, 0.2) is 11.5 Å². The van der Waals surface area contributed by atoms with Crippen LogP contribution in [0.5, 0.6) is 11.5 Å². The summed E-state index contributed by atoms with van der Waals surface area (Å²) in [6, 6.07) is 11.8. The summed E-state index contributed by atoms with van der Waals surface area (Å²) >= 11 is 12.1. The number of carboxylic acid groups (broad SMARTS) is 1. The van der Waals surface area contributed by atoms with Crippen molar-refractivity contribution in [2.45, 2.75) is 49.4 Å². The monoisotopic (exact) mass is 605 g/mol. The van der Waals surface area contributed by atoms with E-state index in [1.807, 2.05) is 6.07 Å². The number of ether oxygens (including phenoxy) is 2. The lowest BCUT2D eigenvalue weighted by atomic mass is 9.65. The average Bonchev–Trinajstić information content (AvgIpc) is 3.26. The molecular weight excluding hydrogens is 574 g/mol. The number of methoxy groups -OCH3 is 2. The molecule has 0 aromatic heterocycles. The molecule has 40 heavy (non-hydrogen) atoms. The first-order chi connectivity index (χ1) is 18.7. The van der Waals surface area contributed by atoms with Crippen molar-refractivity contribution in [3.63, 3.8) is 0 Å². The number of likely N-dealkylation sites (N-methyl/N-ethyl adjacent to an activating group) is 1. The molecule has 4 rings (SSSR count). The van der Waals surface area contributed by atoms with Crippen LogP contribution in [-0.2, 0) is 10.2 Å². The summed E-state index contributed by atoms with van der Waals surface area (Å²) in [6.45, 7) is 1.03. The van der Waals surface area contributed by atoms with Crippen molar-refractivity contribution in [3.05, 3.63) is 52.0 Å². The number of nitrogens with one attached hydrogen (secondary N) is 1. The number of nitrogens with zero attached hydrogens (tertiary/aromatic N) is 2. The molecule has 1 saturated carbocycles. The van der Waals surface area contributed by atoms with Gasteiger partial charge in [-0.15, -0.1) is 0 Å². The number of halogens is 5. The largest absolute Gasteiger partial charge is 0.493 e. The van der Waals surface area contributed by atoms with Crippen molar-refractivity contribution in [1.82, 2.24) is 10.2 Å². The third kappa shape index (κ3) is 6.87. The van der Waals surface area contributed by atoms with E-state index >= 15 is 0 Å². The summed E-state index contributed by atoms with van der Waals surface area (Å²) in [6.07, 6.45) is -1.18. The molecule has 0 spiro atoms. The zero-order valence-electron chi connectivity index (χ0n) is 22.5. The van der Waals surface area contributed by atoms with E-state index in [0.717, 1.165) is 43.7 Å². The Labute approximate surface area is 240 Å². The van der Waals surface area contributed by atoms with Crippen LogP contribution in [0.25, 0.3) is 0 Å². The van der Waals surface area contributed by atoms with Crippen LogP contribution in [0.2, 0.25) is 10.0 Å². The molecule has 1 aliphatic heterocycles. The van der Waals surface area contributed by atoms with E-state index in [4.69, 9.17) is 42.6 Å². The molecule has 2 amide bonds. The molecule has 2 aliphatic rings.